The highest BCUT2D eigenvalue weighted by Crippen LogP contribution is 2.18. The lowest BCUT2D eigenvalue weighted by Crippen LogP contribution is -2.53. The summed E-state index contributed by atoms with van der Waals surface area (Å²) in [5, 5.41) is 3.07. The van der Waals surface area contributed by atoms with Crippen LogP contribution in [-0.4, -0.2) is 42.0 Å². The lowest BCUT2D eigenvalue weighted by Gasteiger charge is -2.34. The highest BCUT2D eigenvalue weighted by molar-refractivity contribution is 5.81. The van der Waals surface area contributed by atoms with E-state index in [0.717, 1.165) is 19.4 Å². The Morgan fingerprint density at radius 3 is 2.72 bits per heavy atom. The molecule has 1 aliphatic heterocycles. The normalized spacial score (nSPS) is 25.2. The molecule has 1 rings (SSSR count). The van der Waals surface area contributed by atoms with E-state index in [4.69, 9.17) is 5.73 Å². The summed E-state index contributed by atoms with van der Waals surface area (Å²) in [5.74, 6) is 0.143. The molecule has 1 amide bonds. The van der Waals surface area contributed by atoms with Crippen LogP contribution < -0.4 is 11.1 Å². The first-order valence-electron chi connectivity index (χ1n) is 7.36. The topological polar surface area (TPSA) is 58.4 Å². The predicted molar refractivity (Wildman–Crippen MR) is 75.4 cm³/mol. The fourth-order valence-corrected chi connectivity index (χ4v) is 2.58. The van der Waals surface area contributed by atoms with E-state index >= 15 is 0 Å². The maximum Gasteiger partial charge on any atom is 0.237 e. The van der Waals surface area contributed by atoms with Gasteiger partial charge in [-0.2, -0.15) is 0 Å². The Kier molecular flexibility index (Phi) is 6.65. The Balaban J connectivity index is 2.60. The van der Waals surface area contributed by atoms with Crippen molar-refractivity contribution in [1.29, 1.82) is 0 Å². The molecule has 1 aliphatic rings. The molecule has 0 spiro atoms. The minimum absolute atomic E-state index is 0.0642. The first-order valence-corrected chi connectivity index (χ1v) is 7.36. The van der Waals surface area contributed by atoms with Gasteiger partial charge in [0.2, 0.25) is 5.91 Å². The monoisotopic (exact) mass is 255 g/mol. The number of amides is 1. The molecule has 1 saturated heterocycles. The van der Waals surface area contributed by atoms with E-state index in [0.29, 0.717) is 12.6 Å². The van der Waals surface area contributed by atoms with Crippen molar-refractivity contribution < 1.29 is 4.79 Å². The molecule has 3 unspecified atom stereocenters. The van der Waals surface area contributed by atoms with Crippen LogP contribution in [0, 0.1) is 0 Å². The molecule has 0 aromatic carbocycles. The zero-order chi connectivity index (χ0) is 13.5. The molecule has 0 radical (unpaired) electrons. The Labute approximate surface area is 111 Å². The van der Waals surface area contributed by atoms with E-state index in [9.17, 15) is 4.79 Å². The quantitative estimate of drug-likeness (QED) is 0.782. The Bertz CT molecular complexity index is 257. The number of hydrogen-bond donors (Lipinski definition) is 2. The zero-order valence-corrected chi connectivity index (χ0v) is 12.1. The number of nitrogens with zero attached hydrogens (tertiary/aromatic N) is 1. The number of nitrogens with one attached hydrogen (secondary N) is 1. The maximum absolute atomic E-state index is 12.2. The van der Waals surface area contributed by atoms with Crippen molar-refractivity contribution >= 4 is 5.91 Å². The first kappa shape index (κ1) is 15.4. The average molecular weight is 255 g/mol. The lowest BCUT2D eigenvalue weighted by molar-refractivity contribution is -0.127. The molecule has 1 fully saturated rings. The van der Waals surface area contributed by atoms with Gasteiger partial charge >= 0.3 is 0 Å². The first-order chi connectivity index (χ1) is 8.60. The summed E-state index contributed by atoms with van der Waals surface area (Å²) in [6, 6.07) is 0.555. The van der Waals surface area contributed by atoms with Gasteiger partial charge in [0.25, 0.3) is 0 Å². The van der Waals surface area contributed by atoms with Crippen molar-refractivity contribution in [2.24, 2.45) is 5.73 Å². The Morgan fingerprint density at radius 2 is 2.11 bits per heavy atom. The molecule has 0 aromatic rings. The number of carbonyl (C=O) groups is 1. The molecule has 1 heterocycles. The third kappa shape index (κ3) is 4.25. The summed E-state index contributed by atoms with van der Waals surface area (Å²) in [6.07, 6.45) is 5.76. The van der Waals surface area contributed by atoms with Crippen molar-refractivity contribution in [3.63, 3.8) is 0 Å². The number of likely N-dealkylation sites (tertiary alicyclic amines) is 1. The van der Waals surface area contributed by atoms with E-state index in [1.165, 1.54) is 19.3 Å². The second-order valence-electron chi connectivity index (χ2n) is 5.47. The molecule has 0 bridgehead atoms. The third-order valence-corrected chi connectivity index (χ3v) is 4.07. The second-order valence-corrected chi connectivity index (χ2v) is 5.47. The van der Waals surface area contributed by atoms with Crippen LogP contribution in [-0.2, 0) is 4.79 Å². The van der Waals surface area contributed by atoms with E-state index in [1.54, 1.807) is 0 Å². The summed E-state index contributed by atoms with van der Waals surface area (Å²) in [4.78, 5) is 14.5. The van der Waals surface area contributed by atoms with Crippen LogP contribution in [0.15, 0.2) is 0 Å². The number of nitrogens with two attached hydrogens (primary N) is 1. The summed E-state index contributed by atoms with van der Waals surface area (Å²) in [7, 11) is 0. The minimum Gasteiger partial charge on any atom is -0.352 e. The molecule has 0 aliphatic carbocycles. The van der Waals surface area contributed by atoms with Gasteiger partial charge in [0.1, 0.15) is 0 Å². The van der Waals surface area contributed by atoms with Crippen LogP contribution in [0.5, 0.6) is 0 Å². The largest absolute Gasteiger partial charge is 0.352 e. The maximum atomic E-state index is 12.2. The van der Waals surface area contributed by atoms with Crippen LogP contribution in [0.1, 0.15) is 52.9 Å². The number of rotatable bonds is 5. The molecule has 3 N–H and O–H groups in total. The van der Waals surface area contributed by atoms with E-state index in [1.807, 2.05) is 13.8 Å². The van der Waals surface area contributed by atoms with Gasteiger partial charge in [-0.3, -0.25) is 9.69 Å². The van der Waals surface area contributed by atoms with Crippen molar-refractivity contribution in [2.75, 3.05) is 13.1 Å². The molecule has 0 aromatic heterocycles. The van der Waals surface area contributed by atoms with Crippen molar-refractivity contribution in [2.45, 2.75) is 71.0 Å². The van der Waals surface area contributed by atoms with Gasteiger partial charge in [-0.25, -0.2) is 0 Å². The fourth-order valence-electron chi connectivity index (χ4n) is 2.58. The van der Waals surface area contributed by atoms with Gasteiger partial charge in [-0.1, -0.05) is 19.8 Å². The summed E-state index contributed by atoms with van der Waals surface area (Å²) in [6.45, 7) is 7.79. The van der Waals surface area contributed by atoms with Crippen molar-refractivity contribution in [3.05, 3.63) is 0 Å². The fraction of sp³-hybridized carbons (Fsp3) is 0.929. The molecular formula is C14H29N3O. The summed E-state index contributed by atoms with van der Waals surface area (Å²) >= 11 is 0. The van der Waals surface area contributed by atoms with Gasteiger partial charge < -0.3 is 11.1 Å². The van der Waals surface area contributed by atoms with Gasteiger partial charge in [-0.05, 0) is 39.7 Å². The van der Waals surface area contributed by atoms with Crippen molar-refractivity contribution in [1.82, 2.24) is 10.2 Å². The lowest BCUT2D eigenvalue weighted by atomic mass is 10.1. The Morgan fingerprint density at radius 1 is 1.39 bits per heavy atom. The molecule has 3 atom stereocenters. The third-order valence-electron chi connectivity index (χ3n) is 4.07. The molecule has 4 heteroatoms. The van der Waals surface area contributed by atoms with Gasteiger partial charge in [0.05, 0.1) is 6.04 Å². The smallest absolute Gasteiger partial charge is 0.237 e. The number of carbonyl (C=O) groups excluding carboxylic acids is 1. The van der Waals surface area contributed by atoms with Crippen LogP contribution in [0.4, 0.5) is 0 Å². The Hall–Kier alpha value is -0.610. The van der Waals surface area contributed by atoms with Gasteiger partial charge in [-0.15, -0.1) is 0 Å². The average Bonchev–Trinajstić information content (AvgIpc) is 2.62. The molecule has 4 nitrogen and oxygen atoms in total. The summed E-state index contributed by atoms with van der Waals surface area (Å²) < 4.78 is 0. The predicted octanol–water partition coefficient (Wildman–Crippen LogP) is 1.49. The minimum atomic E-state index is -0.0642. The van der Waals surface area contributed by atoms with E-state index in [2.05, 4.69) is 17.1 Å². The SMILES string of the molecule is CCC(C)NC(=O)C(C)N1CCCCCC1CN. The van der Waals surface area contributed by atoms with E-state index in [-0.39, 0.29) is 18.0 Å². The standard InChI is InChI=1S/C14H29N3O/c1-4-11(2)16-14(18)12(3)17-9-7-5-6-8-13(17)10-15/h11-13H,4-10,15H2,1-3H3,(H,16,18). The zero-order valence-electron chi connectivity index (χ0n) is 12.1. The summed E-state index contributed by atoms with van der Waals surface area (Å²) in [5.41, 5.74) is 5.86. The van der Waals surface area contributed by atoms with Gasteiger partial charge in [0.15, 0.2) is 0 Å². The van der Waals surface area contributed by atoms with Crippen LogP contribution in [0.3, 0.4) is 0 Å². The second kappa shape index (κ2) is 7.74. The molecule has 0 saturated carbocycles. The van der Waals surface area contributed by atoms with Crippen LogP contribution in [0.25, 0.3) is 0 Å². The van der Waals surface area contributed by atoms with Crippen LogP contribution in [0.2, 0.25) is 0 Å². The van der Waals surface area contributed by atoms with E-state index < -0.39 is 0 Å². The number of hydrogen-bond acceptors (Lipinski definition) is 3. The van der Waals surface area contributed by atoms with Crippen molar-refractivity contribution in [3.8, 4) is 0 Å². The van der Waals surface area contributed by atoms with Gasteiger partial charge in [0, 0.05) is 18.6 Å². The molecular weight excluding hydrogens is 226 g/mol. The highest BCUT2D eigenvalue weighted by atomic mass is 16.2. The molecule has 18 heavy (non-hydrogen) atoms. The highest BCUT2D eigenvalue weighted by Gasteiger charge is 2.28. The van der Waals surface area contributed by atoms with Crippen LogP contribution >= 0.6 is 0 Å². The molecule has 106 valence electrons.